The lowest BCUT2D eigenvalue weighted by molar-refractivity contribution is 0.107. The summed E-state index contributed by atoms with van der Waals surface area (Å²) in [7, 11) is 0. The van der Waals surface area contributed by atoms with Gasteiger partial charge in [-0.05, 0) is 46.6 Å². The molecule has 1 atom stereocenters. The van der Waals surface area contributed by atoms with Crippen LogP contribution in [0.5, 0.6) is 0 Å². The summed E-state index contributed by atoms with van der Waals surface area (Å²) in [5, 5.41) is 3.29. The summed E-state index contributed by atoms with van der Waals surface area (Å²) in [5.41, 5.74) is 7.03. The molecule has 2 aromatic rings. The van der Waals surface area contributed by atoms with E-state index in [4.69, 9.17) is 5.73 Å². The van der Waals surface area contributed by atoms with E-state index in [-0.39, 0.29) is 11.7 Å². The van der Waals surface area contributed by atoms with Gasteiger partial charge in [-0.3, -0.25) is 9.47 Å². The monoisotopic (exact) mass is 418 g/mol. The Balaban J connectivity index is 1.58. The van der Waals surface area contributed by atoms with E-state index in [1.54, 1.807) is 4.57 Å². The number of nitrogen functional groups attached to an aromatic ring is 1. The topological polar surface area (TPSA) is 108 Å². The number of nitrogens with zero attached hydrogens (tertiary/aromatic N) is 5. The van der Waals surface area contributed by atoms with E-state index in [9.17, 15) is 4.79 Å². The maximum atomic E-state index is 12.5. The molecule has 1 saturated heterocycles. The number of aromatic nitrogens is 4. The zero-order valence-corrected chi connectivity index (χ0v) is 18.9. The number of anilines is 2. The number of hydrogen-bond acceptors (Lipinski definition) is 7. The summed E-state index contributed by atoms with van der Waals surface area (Å²) >= 11 is 0. The summed E-state index contributed by atoms with van der Waals surface area (Å²) in [6.45, 7) is 15.0. The van der Waals surface area contributed by atoms with Crippen molar-refractivity contribution in [2.24, 2.45) is 0 Å². The summed E-state index contributed by atoms with van der Waals surface area (Å²) < 4.78 is 1.69. The van der Waals surface area contributed by atoms with Gasteiger partial charge >= 0.3 is 5.69 Å². The first-order valence-electron chi connectivity index (χ1n) is 11.4. The molecule has 30 heavy (non-hydrogen) atoms. The zero-order valence-electron chi connectivity index (χ0n) is 18.9. The molecule has 1 aliphatic rings. The molecular weight excluding hydrogens is 380 g/mol. The lowest BCUT2D eigenvalue weighted by atomic mass is 10.2. The minimum absolute atomic E-state index is 0.171. The number of H-pyrrole nitrogens is 1. The molecule has 0 unspecified atom stereocenters. The molecule has 2 aromatic heterocycles. The maximum absolute atomic E-state index is 12.5. The Hall–Kier alpha value is -2.13. The molecule has 0 aliphatic carbocycles. The van der Waals surface area contributed by atoms with Crippen molar-refractivity contribution in [1.29, 1.82) is 0 Å². The molecule has 3 heterocycles. The van der Waals surface area contributed by atoms with Gasteiger partial charge in [0.25, 0.3) is 0 Å². The highest BCUT2D eigenvalue weighted by Crippen LogP contribution is 2.18. The van der Waals surface area contributed by atoms with Crippen LogP contribution in [0.3, 0.4) is 0 Å². The van der Waals surface area contributed by atoms with Crippen molar-refractivity contribution in [3.8, 4) is 0 Å². The summed E-state index contributed by atoms with van der Waals surface area (Å²) in [6.07, 6.45) is 4.08. The Morgan fingerprint density at radius 2 is 1.80 bits per heavy atom. The molecule has 0 bridgehead atoms. The second-order valence-electron chi connectivity index (χ2n) is 8.73. The van der Waals surface area contributed by atoms with Gasteiger partial charge in [0.15, 0.2) is 11.5 Å². The Morgan fingerprint density at radius 1 is 1.10 bits per heavy atom. The van der Waals surface area contributed by atoms with Crippen molar-refractivity contribution in [3.05, 3.63) is 10.5 Å². The summed E-state index contributed by atoms with van der Waals surface area (Å²) in [5.74, 6) is 0.793. The average Bonchev–Trinajstić information content (AvgIpc) is 3.02. The molecule has 0 aromatic carbocycles. The van der Waals surface area contributed by atoms with Gasteiger partial charge in [0, 0.05) is 44.8 Å². The van der Waals surface area contributed by atoms with Crippen LogP contribution in [-0.2, 0) is 6.54 Å². The molecule has 1 aliphatic heterocycles. The Kier molecular flexibility index (Phi) is 7.71. The number of nitrogens with two attached hydrogens (primary N) is 1. The van der Waals surface area contributed by atoms with E-state index in [2.05, 4.69) is 57.8 Å². The third kappa shape index (κ3) is 5.51. The van der Waals surface area contributed by atoms with E-state index in [0.717, 1.165) is 58.4 Å². The smallest absolute Gasteiger partial charge is 0.327 e. The average molecular weight is 419 g/mol. The third-order valence-electron chi connectivity index (χ3n) is 5.99. The van der Waals surface area contributed by atoms with Crippen molar-refractivity contribution in [2.75, 3.05) is 43.8 Å². The highest BCUT2D eigenvalue weighted by atomic mass is 16.1. The van der Waals surface area contributed by atoms with Gasteiger partial charge in [-0.25, -0.2) is 4.79 Å². The minimum atomic E-state index is -0.171. The minimum Gasteiger partial charge on any atom is -0.382 e. The molecule has 0 spiro atoms. The van der Waals surface area contributed by atoms with Crippen LogP contribution < -0.4 is 16.7 Å². The largest absolute Gasteiger partial charge is 0.382 e. The van der Waals surface area contributed by atoms with Crippen LogP contribution in [-0.4, -0.2) is 74.1 Å². The summed E-state index contributed by atoms with van der Waals surface area (Å²) in [4.78, 5) is 29.2. The van der Waals surface area contributed by atoms with E-state index in [0.29, 0.717) is 35.5 Å². The normalized spacial score (nSPS) is 17.1. The lowest BCUT2D eigenvalue weighted by Gasteiger charge is -2.36. The van der Waals surface area contributed by atoms with Gasteiger partial charge in [-0.1, -0.05) is 13.3 Å². The molecule has 3 rings (SSSR count). The van der Waals surface area contributed by atoms with Gasteiger partial charge in [0.2, 0.25) is 5.95 Å². The van der Waals surface area contributed by atoms with Crippen LogP contribution in [0.2, 0.25) is 0 Å². The van der Waals surface area contributed by atoms with Crippen LogP contribution in [0, 0.1) is 0 Å². The fraction of sp³-hybridized carbons (Fsp3) is 0.762. The first-order valence-corrected chi connectivity index (χ1v) is 11.4. The van der Waals surface area contributed by atoms with Crippen molar-refractivity contribution < 1.29 is 0 Å². The van der Waals surface area contributed by atoms with E-state index < -0.39 is 0 Å². The number of rotatable bonds is 10. The Morgan fingerprint density at radius 3 is 2.47 bits per heavy atom. The predicted molar refractivity (Wildman–Crippen MR) is 123 cm³/mol. The van der Waals surface area contributed by atoms with Crippen LogP contribution in [0.4, 0.5) is 11.8 Å². The number of unbranched alkanes of at least 4 members (excludes halogenated alkanes) is 1. The van der Waals surface area contributed by atoms with Crippen molar-refractivity contribution in [1.82, 2.24) is 29.3 Å². The molecular formula is C21H38N8O. The Labute approximate surface area is 179 Å². The van der Waals surface area contributed by atoms with Gasteiger partial charge in [0.05, 0.1) is 0 Å². The predicted octanol–water partition coefficient (Wildman–Crippen LogP) is 2.11. The quantitative estimate of drug-likeness (QED) is 0.507. The zero-order chi connectivity index (χ0) is 21.7. The highest BCUT2D eigenvalue weighted by Gasteiger charge is 2.18. The molecule has 0 radical (unpaired) electrons. The molecule has 1 fully saturated rings. The SMILES string of the molecule is CCC[C@H](C)Nc1nc(N)c2[nH]c(=O)n(CCCCN3CCN(C(C)C)CC3)c2n1. The van der Waals surface area contributed by atoms with Crippen molar-refractivity contribution in [3.63, 3.8) is 0 Å². The van der Waals surface area contributed by atoms with Gasteiger partial charge in [-0.2, -0.15) is 9.97 Å². The van der Waals surface area contributed by atoms with Crippen LogP contribution in [0.25, 0.3) is 11.2 Å². The van der Waals surface area contributed by atoms with E-state index in [1.165, 1.54) is 0 Å². The number of imidazole rings is 1. The number of aromatic amines is 1. The van der Waals surface area contributed by atoms with Crippen LogP contribution in [0.1, 0.15) is 53.4 Å². The fourth-order valence-corrected chi connectivity index (χ4v) is 4.16. The molecule has 168 valence electrons. The van der Waals surface area contributed by atoms with Gasteiger partial charge in [-0.15, -0.1) is 0 Å². The first-order chi connectivity index (χ1) is 14.4. The number of piperazine rings is 1. The number of aryl methyl sites for hydroxylation is 1. The standard InChI is InChI=1S/C21H38N8O/c1-5-8-16(4)23-20-25-18(22)17-19(26-20)29(21(30)24-17)10-7-6-9-27-11-13-28(14-12-27)15(2)3/h15-16H,5-14H2,1-4H3,(H,24,30)(H3,22,23,25,26)/t16-/m0/s1. The number of hydrogen-bond donors (Lipinski definition) is 3. The molecule has 4 N–H and O–H groups in total. The fourth-order valence-electron chi connectivity index (χ4n) is 4.16. The summed E-state index contributed by atoms with van der Waals surface area (Å²) in [6, 6.07) is 0.877. The Bertz CT molecular complexity index is 866. The molecule has 0 amide bonds. The van der Waals surface area contributed by atoms with Crippen LogP contribution >= 0.6 is 0 Å². The van der Waals surface area contributed by atoms with Crippen molar-refractivity contribution in [2.45, 2.75) is 72.0 Å². The highest BCUT2D eigenvalue weighted by molar-refractivity contribution is 5.82. The lowest BCUT2D eigenvalue weighted by Crippen LogP contribution is -2.48. The number of fused-ring (bicyclic) bond motifs is 1. The van der Waals surface area contributed by atoms with E-state index >= 15 is 0 Å². The molecule has 0 saturated carbocycles. The maximum Gasteiger partial charge on any atom is 0.327 e. The third-order valence-corrected chi connectivity index (χ3v) is 5.99. The van der Waals surface area contributed by atoms with Gasteiger partial charge < -0.3 is 20.9 Å². The molecule has 9 nitrogen and oxygen atoms in total. The van der Waals surface area contributed by atoms with Crippen LogP contribution in [0.15, 0.2) is 4.79 Å². The second-order valence-corrected chi connectivity index (χ2v) is 8.73. The second kappa shape index (κ2) is 10.3. The molecule has 9 heteroatoms. The van der Waals surface area contributed by atoms with Gasteiger partial charge in [0.1, 0.15) is 5.52 Å². The number of nitrogens with one attached hydrogen (secondary N) is 2. The first kappa shape index (κ1) is 22.6. The van der Waals surface area contributed by atoms with E-state index in [1.807, 2.05) is 0 Å². The van der Waals surface area contributed by atoms with Crippen molar-refractivity contribution >= 4 is 22.9 Å².